The molecule has 3 N–H and O–H groups in total. The van der Waals surface area contributed by atoms with Crippen molar-refractivity contribution in [3.8, 4) is 0 Å². The van der Waals surface area contributed by atoms with E-state index < -0.39 is 0 Å². The lowest BCUT2D eigenvalue weighted by atomic mass is 10.1. The maximum atomic E-state index is 11.6. The fourth-order valence-electron chi connectivity index (χ4n) is 2.21. The molecule has 5 nitrogen and oxygen atoms in total. The van der Waals surface area contributed by atoms with Gasteiger partial charge in [0, 0.05) is 38.1 Å². The molecule has 1 amide bonds. The molecule has 1 aliphatic rings. The number of hydrogen-bond acceptors (Lipinski definition) is 4. The van der Waals surface area contributed by atoms with Gasteiger partial charge in [0.2, 0.25) is 5.91 Å². The summed E-state index contributed by atoms with van der Waals surface area (Å²) in [5.74, 6) is 0.122. The van der Waals surface area contributed by atoms with Gasteiger partial charge in [0.1, 0.15) is 0 Å². The summed E-state index contributed by atoms with van der Waals surface area (Å²) < 4.78 is 0. The van der Waals surface area contributed by atoms with E-state index >= 15 is 0 Å². The van der Waals surface area contributed by atoms with Crippen molar-refractivity contribution in [2.24, 2.45) is 5.73 Å². The van der Waals surface area contributed by atoms with Gasteiger partial charge in [-0.1, -0.05) is 0 Å². The van der Waals surface area contributed by atoms with E-state index in [4.69, 9.17) is 10.8 Å². The average Bonchev–Trinajstić information content (AvgIpc) is 2.64. The zero-order valence-corrected chi connectivity index (χ0v) is 10.8. The Hall–Kier alpha value is -1.59. The lowest BCUT2D eigenvalue weighted by molar-refractivity contribution is -0.117. The molecule has 18 heavy (non-hydrogen) atoms. The predicted octanol–water partition coefficient (Wildman–Crippen LogP) is -0.0387. The van der Waals surface area contributed by atoms with Crippen LogP contribution < -0.4 is 15.5 Å². The Bertz CT molecular complexity index is 462. The first-order chi connectivity index (χ1) is 8.52. The maximum Gasteiger partial charge on any atom is 0.231 e. The number of benzene rings is 1. The van der Waals surface area contributed by atoms with Crippen LogP contribution in [0.2, 0.25) is 0 Å². The lowest BCUT2D eigenvalue weighted by Crippen LogP contribution is -2.37. The van der Waals surface area contributed by atoms with E-state index in [1.807, 2.05) is 30.1 Å². The normalized spacial score (nSPS) is 15.8. The van der Waals surface area contributed by atoms with Crippen molar-refractivity contribution < 1.29 is 9.90 Å². The molecule has 0 bridgehead atoms. The molecule has 1 unspecified atom stereocenters. The maximum absolute atomic E-state index is 11.6. The standard InChI is InChI=1S/C13H19N3O2/c1-15(7-10(14)8-17)11-3-4-12-9(5-11)6-13(18)16(12)2/h3-5,10,17H,6-8,14H2,1-2H3. The summed E-state index contributed by atoms with van der Waals surface area (Å²) in [5, 5.41) is 8.95. The van der Waals surface area contributed by atoms with Crippen LogP contribution in [0.5, 0.6) is 0 Å². The first kappa shape index (κ1) is 12.9. The fraction of sp³-hybridized carbons (Fsp3) is 0.462. The topological polar surface area (TPSA) is 69.8 Å². The molecule has 1 heterocycles. The Morgan fingerprint density at radius 3 is 2.94 bits per heavy atom. The third-order valence-electron chi connectivity index (χ3n) is 3.32. The van der Waals surface area contributed by atoms with E-state index in [0.717, 1.165) is 16.9 Å². The van der Waals surface area contributed by atoms with Crippen LogP contribution in [-0.2, 0) is 11.2 Å². The second kappa shape index (κ2) is 4.96. The molecule has 98 valence electrons. The van der Waals surface area contributed by atoms with Crippen molar-refractivity contribution >= 4 is 17.3 Å². The molecule has 0 spiro atoms. The summed E-state index contributed by atoms with van der Waals surface area (Å²) in [4.78, 5) is 15.3. The highest BCUT2D eigenvalue weighted by molar-refractivity contribution is 6.01. The minimum absolute atomic E-state index is 0.0312. The van der Waals surface area contributed by atoms with Gasteiger partial charge in [0.25, 0.3) is 0 Å². The van der Waals surface area contributed by atoms with Gasteiger partial charge in [-0.05, 0) is 23.8 Å². The molecular formula is C13H19N3O2. The second-order valence-corrected chi connectivity index (χ2v) is 4.77. The molecule has 0 radical (unpaired) electrons. The van der Waals surface area contributed by atoms with E-state index in [1.165, 1.54) is 0 Å². The summed E-state index contributed by atoms with van der Waals surface area (Å²) in [6.45, 7) is 0.551. The van der Waals surface area contributed by atoms with Gasteiger partial charge < -0.3 is 20.6 Å². The zero-order valence-electron chi connectivity index (χ0n) is 10.8. The molecule has 5 heteroatoms. The number of fused-ring (bicyclic) bond motifs is 1. The number of carbonyl (C=O) groups excluding carboxylic acids is 1. The SMILES string of the molecule is CN(CC(N)CO)c1ccc2c(c1)CC(=O)N2C. The highest BCUT2D eigenvalue weighted by atomic mass is 16.3. The number of aliphatic hydroxyl groups is 1. The van der Waals surface area contributed by atoms with Crippen molar-refractivity contribution in [1.82, 2.24) is 0 Å². The molecule has 1 aliphatic heterocycles. The van der Waals surface area contributed by atoms with Crippen LogP contribution in [0.1, 0.15) is 5.56 Å². The van der Waals surface area contributed by atoms with Crippen molar-refractivity contribution in [3.63, 3.8) is 0 Å². The summed E-state index contributed by atoms with van der Waals surface area (Å²) in [7, 11) is 3.72. The number of anilines is 2. The average molecular weight is 249 g/mol. The van der Waals surface area contributed by atoms with Crippen molar-refractivity contribution in [2.45, 2.75) is 12.5 Å². The van der Waals surface area contributed by atoms with Crippen LogP contribution in [0.25, 0.3) is 0 Å². The summed E-state index contributed by atoms with van der Waals surface area (Å²) in [5.41, 5.74) is 8.75. The molecule has 0 saturated carbocycles. The minimum atomic E-state index is -0.257. The summed E-state index contributed by atoms with van der Waals surface area (Å²) >= 11 is 0. The molecule has 1 aromatic rings. The molecular weight excluding hydrogens is 230 g/mol. The van der Waals surface area contributed by atoms with Gasteiger partial charge in [-0.15, -0.1) is 0 Å². The van der Waals surface area contributed by atoms with E-state index in [1.54, 1.807) is 11.9 Å². The monoisotopic (exact) mass is 249 g/mol. The number of amides is 1. The number of likely N-dealkylation sites (N-methyl/N-ethyl adjacent to an activating group) is 2. The van der Waals surface area contributed by atoms with Crippen LogP contribution >= 0.6 is 0 Å². The van der Waals surface area contributed by atoms with Gasteiger partial charge in [-0.3, -0.25) is 4.79 Å². The molecule has 1 aromatic carbocycles. The Balaban J connectivity index is 2.18. The van der Waals surface area contributed by atoms with Crippen molar-refractivity contribution in [2.75, 3.05) is 37.0 Å². The largest absolute Gasteiger partial charge is 0.395 e. The van der Waals surface area contributed by atoms with Crippen LogP contribution in [-0.4, -0.2) is 44.3 Å². The fourth-order valence-corrected chi connectivity index (χ4v) is 2.21. The summed E-state index contributed by atoms with van der Waals surface area (Å²) in [6.07, 6.45) is 0.458. The Morgan fingerprint density at radius 1 is 1.56 bits per heavy atom. The number of hydrogen-bond donors (Lipinski definition) is 2. The number of aliphatic hydroxyl groups excluding tert-OH is 1. The van der Waals surface area contributed by atoms with Gasteiger partial charge in [0.15, 0.2) is 0 Å². The Labute approximate surface area is 107 Å². The van der Waals surface area contributed by atoms with Crippen molar-refractivity contribution in [1.29, 1.82) is 0 Å². The number of carbonyl (C=O) groups is 1. The van der Waals surface area contributed by atoms with Crippen LogP contribution in [0.3, 0.4) is 0 Å². The smallest absolute Gasteiger partial charge is 0.231 e. The first-order valence-electron chi connectivity index (χ1n) is 6.00. The number of nitrogens with zero attached hydrogens (tertiary/aromatic N) is 2. The third kappa shape index (κ3) is 2.32. The number of nitrogens with two attached hydrogens (primary N) is 1. The molecule has 1 atom stereocenters. The zero-order chi connectivity index (χ0) is 13.3. The van der Waals surface area contributed by atoms with Gasteiger partial charge in [-0.2, -0.15) is 0 Å². The van der Waals surface area contributed by atoms with Crippen molar-refractivity contribution in [3.05, 3.63) is 23.8 Å². The van der Waals surface area contributed by atoms with Crippen LogP contribution in [0.4, 0.5) is 11.4 Å². The molecule has 0 aliphatic carbocycles. The van der Waals surface area contributed by atoms with Gasteiger partial charge >= 0.3 is 0 Å². The molecule has 0 saturated heterocycles. The van der Waals surface area contributed by atoms with E-state index in [9.17, 15) is 4.79 Å². The Kier molecular flexibility index (Phi) is 3.54. The highest BCUT2D eigenvalue weighted by Gasteiger charge is 2.24. The number of rotatable bonds is 4. The van der Waals surface area contributed by atoms with E-state index in [2.05, 4.69) is 0 Å². The minimum Gasteiger partial charge on any atom is -0.395 e. The molecule has 0 fully saturated rings. The first-order valence-corrected chi connectivity index (χ1v) is 6.00. The quantitative estimate of drug-likeness (QED) is 0.785. The Morgan fingerprint density at radius 2 is 2.28 bits per heavy atom. The third-order valence-corrected chi connectivity index (χ3v) is 3.32. The van der Waals surface area contributed by atoms with Crippen LogP contribution in [0, 0.1) is 0 Å². The van der Waals surface area contributed by atoms with Gasteiger partial charge in [0.05, 0.1) is 13.0 Å². The highest BCUT2D eigenvalue weighted by Crippen LogP contribution is 2.30. The molecule has 2 rings (SSSR count). The lowest BCUT2D eigenvalue weighted by Gasteiger charge is -2.23. The van der Waals surface area contributed by atoms with Gasteiger partial charge in [-0.25, -0.2) is 0 Å². The predicted molar refractivity (Wildman–Crippen MR) is 71.9 cm³/mol. The second-order valence-electron chi connectivity index (χ2n) is 4.77. The molecule has 0 aromatic heterocycles. The van der Waals surface area contributed by atoms with E-state index in [0.29, 0.717) is 13.0 Å². The van der Waals surface area contributed by atoms with E-state index in [-0.39, 0.29) is 18.6 Å². The summed E-state index contributed by atoms with van der Waals surface area (Å²) in [6, 6.07) is 5.68. The van der Waals surface area contributed by atoms with Crippen LogP contribution in [0.15, 0.2) is 18.2 Å².